The SMILES string of the molecule is CN1CC(CNC(=O)c2cncc(Br)c2)CC2c3cc(C(C)(C)C)cc4[nH]cc(c34)CC21. The number of fused-ring (bicyclic) bond motifs is 2. The van der Waals surface area contributed by atoms with E-state index in [1.807, 2.05) is 6.07 Å². The second-order valence-electron chi connectivity index (χ2n) is 10.6. The number of carbonyl (C=O) groups is 1. The fourth-order valence-electron chi connectivity index (χ4n) is 5.58. The van der Waals surface area contributed by atoms with Gasteiger partial charge in [0.15, 0.2) is 0 Å². The van der Waals surface area contributed by atoms with Crippen LogP contribution in [0.5, 0.6) is 0 Å². The minimum atomic E-state index is -0.0581. The number of piperidine rings is 1. The first-order valence-electron chi connectivity index (χ1n) is 11.4. The maximum absolute atomic E-state index is 12.7. The summed E-state index contributed by atoms with van der Waals surface area (Å²) in [6.07, 6.45) is 7.71. The van der Waals surface area contributed by atoms with Crippen molar-refractivity contribution in [3.05, 3.63) is 63.5 Å². The number of nitrogens with zero attached hydrogens (tertiary/aromatic N) is 2. The second kappa shape index (κ2) is 7.99. The van der Waals surface area contributed by atoms with E-state index in [0.717, 1.165) is 23.9 Å². The van der Waals surface area contributed by atoms with E-state index in [2.05, 4.69) is 82.3 Å². The van der Waals surface area contributed by atoms with Crippen LogP contribution < -0.4 is 5.32 Å². The fourth-order valence-corrected chi connectivity index (χ4v) is 5.95. The summed E-state index contributed by atoms with van der Waals surface area (Å²) < 4.78 is 0.817. The summed E-state index contributed by atoms with van der Waals surface area (Å²) >= 11 is 3.40. The van der Waals surface area contributed by atoms with Gasteiger partial charge in [-0.3, -0.25) is 9.78 Å². The molecule has 2 N–H and O–H groups in total. The number of nitrogens with one attached hydrogen (secondary N) is 2. The molecule has 2 aromatic heterocycles. The van der Waals surface area contributed by atoms with Crippen LogP contribution >= 0.6 is 15.9 Å². The van der Waals surface area contributed by atoms with Gasteiger partial charge < -0.3 is 15.2 Å². The summed E-state index contributed by atoms with van der Waals surface area (Å²) in [6.45, 7) is 8.54. The molecule has 5 nitrogen and oxygen atoms in total. The van der Waals surface area contributed by atoms with Crippen LogP contribution in [-0.2, 0) is 11.8 Å². The van der Waals surface area contributed by atoms with Gasteiger partial charge in [-0.1, -0.05) is 26.8 Å². The number of amides is 1. The van der Waals surface area contributed by atoms with Gasteiger partial charge in [0, 0.05) is 59.0 Å². The van der Waals surface area contributed by atoms with Crippen molar-refractivity contribution in [2.24, 2.45) is 5.92 Å². The van der Waals surface area contributed by atoms with E-state index >= 15 is 0 Å². The quantitative estimate of drug-likeness (QED) is 0.537. The molecule has 3 aromatic rings. The highest BCUT2D eigenvalue weighted by atomic mass is 79.9. The topological polar surface area (TPSA) is 61.0 Å². The summed E-state index contributed by atoms with van der Waals surface area (Å²) in [5.41, 5.74) is 6.27. The van der Waals surface area contributed by atoms with Gasteiger partial charge in [-0.05, 0) is 76.0 Å². The van der Waals surface area contributed by atoms with Crippen LogP contribution in [0, 0.1) is 5.92 Å². The summed E-state index contributed by atoms with van der Waals surface area (Å²) in [5.74, 6) is 0.840. The predicted octanol–water partition coefficient (Wildman–Crippen LogP) is 5.01. The van der Waals surface area contributed by atoms with Gasteiger partial charge in [-0.15, -0.1) is 0 Å². The molecule has 5 rings (SSSR count). The van der Waals surface area contributed by atoms with Crippen LogP contribution in [-0.4, -0.2) is 47.0 Å². The molecule has 168 valence electrons. The van der Waals surface area contributed by atoms with Crippen molar-refractivity contribution in [1.82, 2.24) is 20.2 Å². The van der Waals surface area contributed by atoms with Crippen LogP contribution in [0.3, 0.4) is 0 Å². The molecule has 1 fully saturated rings. The van der Waals surface area contributed by atoms with E-state index in [1.165, 1.54) is 27.6 Å². The number of aromatic nitrogens is 2. The molecule has 0 bridgehead atoms. The Labute approximate surface area is 198 Å². The molecule has 1 aliphatic heterocycles. The maximum atomic E-state index is 12.7. The second-order valence-corrected chi connectivity index (χ2v) is 11.5. The molecule has 1 aromatic carbocycles. The number of likely N-dealkylation sites (N-methyl/N-ethyl adjacent to an activating group) is 1. The highest BCUT2D eigenvalue weighted by molar-refractivity contribution is 9.10. The molecule has 0 radical (unpaired) electrons. The molecular weight excluding hydrogens is 464 g/mol. The Balaban J connectivity index is 1.40. The Morgan fingerprint density at radius 1 is 1.28 bits per heavy atom. The number of rotatable bonds is 3. The Kier molecular flexibility index (Phi) is 5.41. The Morgan fingerprint density at radius 2 is 2.09 bits per heavy atom. The summed E-state index contributed by atoms with van der Waals surface area (Å²) in [6, 6.07) is 7.12. The lowest BCUT2D eigenvalue weighted by atomic mass is 9.71. The van der Waals surface area contributed by atoms with Gasteiger partial charge in [0.25, 0.3) is 5.91 Å². The van der Waals surface area contributed by atoms with Crippen molar-refractivity contribution in [3.63, 3.8) is 0 Å². The normalized spacial score (nSPS) is 23.2. The average molecular weight is 495 g/mol. The van der Waals surface area contributed by atoms with Gasteiger partial charge in [0.1, 0.15) is 0 Å². The van der Waals surface area contributed by atoms with E-state index in [1.54, 1.807) is 12.4 Å². The molecule has 6 heteroatoms. The highest BCUT2D eigenvalue weighted by Crippen LogP contribution is 2.45. The van der Waals surface area contributed by atoms with Gasteiger partial charge in [-0.25, -0.2) is 0 Å². The lowest BCUT2D eigenvalue weighted by molar-refractivity contribution is 0.0890. The Morgan fingerprint density at radius 3 is 2.84 bits per heavy atom. The first-order chi connectivity index (χ1) is 15.2. The van der Waals surface area contributed by atoms with Crippen LogP contribution in [0.15, 0.2) is 41.3 Å². The number of H-pyrrole nitrogens is 1. The predicted molar refractivity (Wildman–Crippen MR) is 132 cm³/mol. The molecule has 3 atom stereocenters. The van der Waals surface area contributed by atoms with Crippen LogP contribution in [0.1, 0.15) is 60.2 Å². The minimum absolute atomic E-state index is 0.0581. The van der Waals surface area contributed by atoms with E-state index in [4.69, 9.17) is 0 Å². The Bertz CT molecular complexity index is 1180. The number of benzene rings is 1. The number of aromatic amines is 1. The minimum Gasteiger partial charge on any atom is -0.361 e. The molecule has 3 unspecified atom stereocenters. The van der Waals surface area contributed by atoms with E-state index in [9.17, 15) is 4.79 Å². The van der Waals surface area contributed by atoms with E-state index in [0.29, 0.717) is 30.0 Å². The largest absolute Gasteiger partial charge is 0.361 e. The molecule has 2 aliphatic rings. The number of hydrogen-bond acceptors (Lipinski definition) is 3. The number of likely N-dealkylation sites (tertiary alicyclic amines) is 1. The van der Waals surface area contributed by atoms with Crippen molar-refractivity contribution in [2.45, 2.75) is 51.0 Å². The number of pyridine rings is 1. The molecule has 3 heterocycles. The van der Waals surface area contributed by atoms with Crippen LogP contribution in [0.4, 0.5) is 0 Å². The lowest BCUT2D eigenvalue weighted by Gasteiger charge is -2.46. The first-order valence-corrected chi connectivity index (χ1v) is 12.2. The summed E-state index contributed by atoms with van der Waals surface area (Å²) in [5, 5.41) is 4.58. The Hall–Kier alpha value is -2.18. The highest BCUT2D eigenvalue weighted by Gasteiger charge is 2.40. The fraction of sp³-hybridized carbons (Fsp3) is 0.462. The lowest BCUT2D eigenvalue weighted by Crippen LogP contribution is -2.50. The molecule has 1 amide bonds. The van der Waals surface area contributed by atoms with Gasteiger partial charge in [-0.2, -0.15) is 0 Å². The summed E-state index contributed by atoms with van der Waals surface area (Å²) in [7, 11) is 2.24. The monoisotopic (exact) mass is 494 g/mol. The molecule has 1 aliphatic carbocycles. The standard InChI is InChI=1S/C26H31BrN4O/c1-26(2,3)18-8-21-20-5-15(10-30-25(32)17-6-19(27)13-28-11-17)14-31(4)23(20)7-16-12-29-22(9-18)24(16)21/h6,8-9,11-13,15,20,23,29H,5,7,10,14H2,1-4H3,(H,30,32). The van der Waals surface area contributed by atoms with Crippen LogP contribution in [0.2, 0.25) is 0 Å². The van der Waals surface area contributed by atoms with Crippen molar-refractivity contribution in [1.29, 1.82) is 0 Å². The van der Waals surface area contributed by atoms with Crippen molar-refractivity contribution in [2.75, 3.05) is 20.1 Å². The van der Waals surface area contributed by atoms with Crippen LogP contribution in [0.25, 0.3) is 10.9 Å². The third kappa shape index (κ3) is 3.88. The summed E-state index contributed by atoms with van der Waals surface area (Å²) in [4.78, 5) is 22.8. The molecule has 0 spiro atoms. The van der Waals surface area contributed by atoms with Gasteiger partial charge in [0.05, 0.1) is 5.56 Å². The van der Waals surface area contributed by atoms with Gasteiger partial charge >= 0.3 is 0 Å². The van der Waals surface area contributed by atoms with Crippen molar-refractivity contribution < 1.29 is 4.79 Å². The average Bonchev–Trinajstić information content (AvgIpc) is 3.16. The van der Waals surface area contributed by atoms with E-state index < -0.39 is 0 Å². The van der Waals surface area contributed by atoms with Crippen molar-refractivity contribution >= 4 is 32.7 Å². The molecular formula is C26H31BrN4O. The first kappa shape index (κ1) is 21.7. The zero-order valence-electron chi connectivity index (χ0n) is 19.2. The van der Waals surface area contributed by atoms with Gasteiger partial charge in [0.2, 0.25) is 0 Å². The third-order valence-corrected chi connectivity index (χ3v) is 7.70. The molecule has 0 saturated carbocycles. The maximum Gasteiger partial charge on any atom is 0.252 e. The molecule has 1 saturated heterocycles. The number of hydrogen-bond donors (Lipinski definition) is 2. The third-order valence-electron chi connectivity index (χ3n) is 7.27. The number of carbonyl (C=O) groups excluding carboxylic acids is 1. The van der Waals surface area contributed by atoms with Crippen molar-refractivity contribution in [3.8, 4) is 0 Å². The smallest absolute Gasteiger partial charge is 0.252 e. The zero-order chi connectivity index (χ0) is 22.6. The molecule has 32 heavy (non-hydrogen) atoms. The number of halogens is 1. The van der Waals surface area contributed by atoms with E-state index in [-0.39, 0.29) is 11.3 Å². The zero-order valence-corrected chi connectivity index (χ0v) is 20.8.